The van der Waals surface area contributed by atoms with Crippen molar-refractivity contribution in [2.45, 2.75) is 33.2 Å². The molecule has 0 saturated heterocycles. The van der Waals surface area contributed by atoms with Crippen LogP contribution >= 0.6 is 0 Å². The van der Waals surface area contributed by atoms with Gasteiger partial charge < -0.3 is 10.1 Å². The number of amides is 3. The summed E-state index contributed by atoms with van der Waals surface area (Å²) in [6.07, 6.45) is 0.190. The number of nitrogens with one attached hydrogen (secondary N) is 1. The van der Waals surface area contributed by atoms with Gasteiger partial charge in [0, 0.05) is 5.69 Å². The molecule has 0 bridgehead atoms. The molecular formula is C23H23FN2O5. The first kappa shape index (κ1) is 22.1. The third kappa shape index (κ3) is 4.79. The first-order chi connectivity index (χ1) is 14.7. The summed E-state index contributed by atoms with van der Waals surface area (Å²) in [6, 6.07) is 9.38. The maximum absolute atomic E-state index is 13.6. The number of anilines is 1. The molecule has 1 atom stereocenters. The molecule has 0 fully saturated rings. The van der Waals surface area contributed by atoms with Crippen LogP contribution in [0, 0.1) is 18.7 Å². The molecule has 2 aromatic carbocycles. The van der Waals surface area contributed by atoms with Crippen molar-refractivity contribution in [1.29, 1.82) is 0 Å². The van der Waals surface area contributed by atoms with E-state index in [9.17, 15) is 23.6 Å². The Morgan fingerprint density at radius 2 is 1.68 bits per heavy atom. The number of ether oxygens (including phenoxy) is 1. The van der Waals surface area contributed by atoms with Gasteiger partial charge in [0.25, 0.3) is 17.7 Å². The normalized spacial score (nSPS) is 13.9. The van der Waals surface area contributed by atoms with Crippen molar-refractivity contribution in [3.63, 3.8) is 0 Å². The molecule has 162 valence electrons. The molecule has 3 amide bonds. The number of nitrogens with zero attached hydrogens (tertiary/aromatic N) is 1. The SMILES string of the molecule is Cc1ccc(NC(=O)COC(=O)C(CC(C)C)N2C(=O)c3ccccc3C2=O)cc1F. The lowest BCUT2D eigenvalue weighted by molar-refractivity contribution is -0.151. The zero-order valence-corrected chi connectivity index (χ0v) is 17.5. The van der Waals surface area contributed by atoms with Crippen molar-refractivity contribution in [2.24, 2.45) is 5.92 Å². The molecule has 31 heavy (non-hydrogen) atoms. The Hall–Kier alpha value is -3.55. The number of carbonyl (C=O) groups is 4. The van der Waals surface area contributed by atoms with Crippen LogP contribution in [-0.2, 0) is 14.3 Å². The fourth-order valence-electron chi connectivity index (χ4n) is 3.35. The zero-order chi connectivity index (χ0) is 22.7. The Morgan fingerprint density at radius 3 is 2.23 bits per heavy atom. The van der Waals surface area contributed by atoms with Gasteiger partial charge in [0.15, 0.2) is 6.61 Å². The number of hydrogen-bond acceptors (Lipinski definition) is 5. The van der Waals surface area contributed by atoms with Crippen molar-refractivity contribution in [3.8, 4) is 0 Å². The molecule has 0 saturated carbocycles. The predicted molar refractivity (Wildman–Crippen MR) is 111 cm³/mol. The smallest absolute Gasteiger partial charge is 0.329 e. The van der Waals surface area contributed by atoms with E-state index < -0.39 is 42.2 Å². The highest BCUT2D eigenvalue weighted by Crippen LogP contribution is 2.27. The summed E-state index contributed by atoms with van der Waals surface area (Å²) >= 11 is 0. The summed E-state index contributed by atoms with van der Waals surface area (Å²) in [6.45, 7) is 4.65. The fraction of sp³-hybridized carbons (Fsp3) is 0.304. The van der Waals surface area contributed by atoms with E-state index in [0.29, 0.717) is 5.56 Å². The molecule has 3 rings (SSSR count). The van der Waals surface area contributed by atoms with Crippen LogP contribution in [0.15, 0.2) is 42.5 Å². The molecule has 0 radical (unpaired) electrons. The van der Waals surface area contributed by atoms with Crippen LogP contribution in [0.25, 0.3) is 0 Å². The Balaban J connectivity index is 1.69. The topological polar surface area (TPSA) is 92.8 Å². The maximum atomic E-state index is 13.6. The van der Waals surface area contributed by atoms with Gasteiger partial charge in [-0.15, -0.1) is 0 Å². The lowest BCUT2D eigenvalue weighted by atomic mass is 10.0. The molecule has 7 nitrogen and oxygen atoms in total. The summed E-state index contributed by atoms with van der Waals surface area (Å²) in [7, 11) is 0. The molecular weight excluding hydrogens is 403 g/mol. The Bertz CT molecular complexity index is 1020. The van der Waals surface area contributed by atoms with Gasteiger partial charge in [-0.25, -0.2) is 9.18 Å². The van der Waals surface area contributed by atoms with Gasteiger partial charge in [0.1, 0.15) is 11.9 Å². The Kier molecular flexibility index (Phi) is 6.48. The molecule has 8 heteroatoms. The maximum Gasteiger partial charge on any atom is 0.329 e. The lowest BCUT2D eigenvalue weighted by Crippen LogP contribution is -2.46. The molecule has 1 aliphatic heterocycles. The van der Waals surface area contributed by atoms with Gasteiger partial charge in [-0.3, -0.25) is 19.3 Å². The monoisotopic (exact) mass is 426 g/mol. The van der Waals surface area contributed by atoms with E-state index in [0.717, 1.165) is 11.0 Å². The van der Waals surface area contributed by atoms with Crippen LogP contribution in [0.5, 0.6) is 0 Å². The molecule has 0 aromatic heterocycles. The highest BCUT2D eigenvalue weighted by atomic mass is 19.1. The highest BCUT2D eigenvalue weighted by molar-refractivity contribution is 6.22. The first-order valence-corrected chi connectivity index (χ1v) is 9.88. The summed E-state index contributed by atoms with van der Waals surface area (Å²) in [5.74, 6) is -3.15. The number of hydrogen-bond donors (Lipinski definition) is 1. The molecule has 1 heterocycles. The molecule has 0 aliphatic carbocycles. The predicted octanol–water partition coefficient (Wildman–Crippen LogP) is 3.33. The quantitative estimate of drug-likeness (QED) is 0.542. The third-order valence-corrected chi connectivity index (χ3v) is 4.91. The average molecular weight is 426 g/mol. The second-order valence-corrected chi connectivity index (χ2v) is 7.79. The zero-order valence-electron chi connectivity index (χ0n) is 17.5. The molecule has 1 aliphatic rings. The number of aryl methyl sites for hydroxylation is 1. The van der Waals surface area contributed by atoms with Gasteiger partial charge in [-0.2, -0.15) is 0 Å². The van der Waals surface area contributed by atoms with Crippen molar-refractivity contribution in [2.75, 3.05) is 11.9 Å². The van der Waals surface area contributed by atoms with E-state index in [-0.39, 0.29) is 29.2 Å². The largest absolute Gasteiger partial charge is 0.454 e. The number of esters is 1. The highest BCUT2D eigenvalue weighted by Gasteiger charge is 2.43. The Labute approximate surface area is 179 Å². The fourth-order valence-corrected chi connectivity index (χ4v) is 3.35. The minimum absolute atomic E-state index is 0.0220. The second kappa shape index (κ2) is 9.07. The van der Waals surface area contributed by atoms with Crippen LogP contribution in [0.2, 0.25) is 0 Å². The van der Waals surface area contributed by atoms with Crippen LogP contribution in [0.1, 0.15) is 46.5 Å². The van der Waals surface area contributed by atoms with E-state index in [1.165, 1.54) is 24.3 Å². The van der Waals surface area contributed by atoms with Gasteiger partial charge >= 0.3 is 5.97 Å². The van der Waals surface area contributed by atoms with E-state index in [4.69, 9.17) is 4.74 Å². The summed E-state index contributed by atoms with van der Waals surface area (Å²) < 4.78 is 18.7. The van der Waals surface area contributed by atoms with Crippen molar-refractivity contribution in [3.05, 3.63) is 65.0 Å². The van der Waals surface area contributed by atoms with Gasteiger partial charge in [-0.05, 0) is 49.1 Å². The third-order valence-electron chi connectivity index (χ3n) is 4.91. The number of rotatable bonds is 7. The average Bonchev–Trinajstić information content (AvgIpc) is 2.98. The van der Waals surface area contributed by atoms with Crippen molar-refractivity contribution in [1.82, 2.24) is 4.90 Å². The van der Waals surface area contributed by atoms with Gasteiger partial charge in [0.05, 0.1) is 11.1 Å². The number of imide groups is 1. The lowest BCUT2D eigenvalue weighted by Gasteiger charge is -2.25. The van der Waals surface area contributed by atoms with E-state index in [2.05, 4.69) is 5.32 Å². The minimum atomic E-state index is -1.16. The van der Waals surface area contributed by atoms with E-state index >= 15 is 0 Å². The summed E-state index contributed by atoms with van der Waals surface area (Å²) in [4.78, 5) is 51.3. The summed E-state index contributed by atoms with van der Waals surface area (Å²) in [5.41, 5.74) is 1.12. The standard InChI is InChI=1S/C23H23FN2O5/c1-13(2)10-19(26-21(28)16-6-4-5-7-17(16)22(26)29)23(30)31-12-20(27)25-15-9-8-14(3)18(24)11-15/h4-9,11,13,19H,10,12H2,1-3H3,(H,25,27). The Morgan fingerprint density at radius 1 is 1.06 bits per heavy atom. The number of halogens is 1. The van der Waals surface area contributed by atoms with Crippen LogP contribution in [-0.4, -0.2) is 41.2 Å². The second-order valence-electron chi connectivity index (χ2n) is 7.79. The van der Waals surface area contributed by atoms with Crippen LogP contribution in [0.4, 0.5) is 10.1 Å². The van der Waals surface area contributed by atoms with Gasteiger partial charge in [0.2, 0.25) is 0 Å². The minimum Gasteiger partial charge on any atom is -0.454 e. The molecule has 0 spiro atoms. The molecule has 1 unspecified atom stereocenters. The van der Waals surface area contributed by atoms with E-state index in [1.807, 2.05) is 13.8 Å². The number of benzene rings is 2. The van der Waals surface area contributed by atoms with Gasteiger partial charge in [-0.1, -0.05) is 32.0 Å². The van der Waals surface area contributed by atoms with Crippen molar-refractivity contribution >= 4 is 29.4 Å². The number of fused-ring (bicyclic) bond motifs is 1. The van der Waals surface area contributed by atoms with Crippen molar-refractivity contribution < 1.29 is 28.3 Å². The molecule has 1 N–H and O–H groups in total. The van der Waals surface area contributed by atoms with E-state index in [1.54, 1.807) is 19.1 Å². The van der Waals surface area contributed by atoms with Crippen LogP contribution in [0.3, 0.4) is 0 Å². The first-order valence-electron chi connectivity index (χ1n) is 9.88. The summed E-state index contributed by atoms with van der Waals surface area (Å²) in [5, 5.41) is 2.44. The van der Waals surface area contributed by atoms with Crippen LogP contribution < -0.4 is 5.32 Å². The molecule has 2 aromatic rings. The number of carbonyl (C=O) groups excluding carboxylic acids is 4.